The molecule has 5 nitrogen and oxygen atoms in total. The van der Waals surface area contributed by atoms with E-state index in [0.29, 0.717) is 19.4 Å². The molecule has 0 amide bonds. The number of rotatable bonds is 10. The van der Waals surface area contributed by atoms with Gasteiger partial charge in [0.1, 0.15) is 5.75 Å². The average Bonchev–Trinajstić information content (AvgIpc) is 2.58. The van der Waals surface area contributed by atoms with Crippen LogP contribution in [0.15, 0.2) is 18.2 Å². The van der Waals surface area contributed by atoms with Crippen molar-refractivity contribution in [3.8, 4) is 5.75 Å². The molecule has 1 aromatic rings. The highest BCUT2D eigenvalue weighted by atomic mass is 16.5. The fraction of sp³-hybridized carbons (Fsp3) is 0.632. The Morgan fingerprint density at radius 2 is 1.80 bits per heavy atom. The van der Waals surface area contributed by atoms with E-state index in [2.05, 4.69) is 0 Å². The van der Waals surface area contributed by atoms with Crippen molar-refractivity contribution < 1.29 is 23.7 Å². The van der Waals surface area contributed by atoms with Gasteiger partial charge in [-0.3, -0.25) is 4.79 Å². The van der Waals surface area contributed by atoms with Crippen molar-refractivity contribution >= 4 is 18.9 Å². The third kappa shape index (κ3) is 6.05. The zero-order chi connectivity index (χ0) is 19.1. The number of carbonyl (C=O) groups is 1. The first-order chi connectivity index (χ1) is 11.7. The summed E-state index contributed by atoms with van der Waals surface area (Å²) in [5.41, 5.74) is 0.893. The predicted molar refractivity (Wildman–Crippen MR) is 99.6 cm³/mol. The molecule has 1 aromatic carbocycles. The fourth-order valence-electron chi connectivity index (χ4n) is 2.11. The highest BCUT2D eigenvalue weighted by Gasteiger charge is 2.38. The van der Waals surface area contributed by atoms with Crippen LogP contribution in [0.2, 0.25) is 0 Å². The van der Waals surface area contributed by atoms with Crippen LogP contribution in [-0.4, -0.2) is 45.5 Å². The predicted octanol–water partition coefficient (Wildman–Crippen LogP) is 2.66. The van der Waals surface area contributed by atoms with E-state index in [-0.39, 0.29) is 5.97 Å². The zero-order valence-corrected chi connectivity index (χ0v) is 16.5. The van der Waals surface area contributed by atoms with E-state index < -0.39 is 11.2 Å². The minimum atomic E-state index is -0.528. The molecule has 0 bridgehead atoms. The van der Waals surface area contributed by atoms with Crippen LogP contribution in [0.4, 0.5) is 0 Å². The summed E-state index contributed by atoms with van der Waals surface area (Å²) in [4.78, 5) is 11.7. The lowest BCUT2D eigenvalue weighted by Crippen LogP contribution is -2.50. The highest BCUT2D eigenvalue weighted by molar-refractivity contribution is 6.47. The second-order valence-corrected chi connectivity index (χ2v) is 6.83. The van der Waals surface area contributed by atoms with Gasteiger partial charge in [-0.25, -0.2) is 0 Å². The van der Waals surface area contributed by atoms with Crippen LogP contribution in [-0.2, 0) is 25.3 Å². The van der Waals surface area contributed by atoms with Crippen molar-refractivity contribution in [2.24, 2.45) is 0 Å². The number of hydrogen-bond donors (Lipinski definition) is 0. The van der Waals surface area contributed by atoms with E-state index >= 15 is 0 Å². The fourth-order valence-corrected chi connectivity index (χ4v) is 2.11. The van der Waals surface area contributed by atoms with Gasteiger partial charge in [-0.2, -0.15) is 0 Å². The van der Waals surface area contributed by atoms with Crippen molar-refractivity contribution in [2.75, 3.05) is 20.8 Å². The third-order valence-electron chi connectivity index (χ3n) is 4.69. The molecule has 139 valence electrons. The Morgan fingerprint density at radius 3 is 2.36 bits per heavy atom. The van der Waals surface area contributed by atoms with Gasteiger partial charge in [-0.15, -0.1) is 0 Å². The molecule has 0 saturated heterocycles. The standard InChI is InChI=1S/C19H30BO5/c1-8-24-17(21)12-9-14-13-15(22-6)10-11-16(14)20-25-19(4,5)18(2,3)23-7/h10-11,13H,8-9,12H2,1-7H3. The Hall–Kier alpha value is -1.53. The van der Waals surface area contributed by atoms with Crippen molar-refractivity contribution in [1.82, 2.24) is 0 Å². The maximum atomic E-state index is 11.7. The Kier molecular flexibility index (Phi) is 7.96. The number of aryl methyl sites for hydroxylation is 1. The van der Waals surface area contributed by atoms with Crippen LogP contribution in [0.1, 0.15) is 46.6 Å². The van der Waals surface area contributed by atoms with E-state index in [4.69, 9.17) is 18.9 Å². The number of hydrogen-bond acceptors (Lipinski definition) is 5. The molecular weight excluding hydrogens is 319 g/mol. The van der Waals surface area contributed by atoms with Gasteiger partial charge in [-0.1, -0.05) is 11.5 Å². The average molecular weight is 349 g/mol. The maximum absolute atomic E-state index is 11.7. The Balaban J connectivity index is 2.89. The SMILES string of the molecule is CCOC(=O)CCc1cc(OC)ccc1[B]OC(C)(C)C(C)(C)OC. The second-order valence-electron chi connectivity index (χ2n) is 6.83. The summed E-state index contributed by atoms with van der Waals surface area (Å²) in [6.07, 6.45) is 0.869. The molecule has 0 aliphatic heterocycles. The Bertz CT molecular complexity index is 569. The van der Waals surface area contributed by atoms with Crippen molar-refractivity contribution in [3.63, 3.8) is 0 Å². The van der Waals surface area contributed by atoms with Gasteiger partial charge in [0.2, 0.25) is 0 Å². The number of methoxy groups -OCH3 is 2. The molecule has 0 aromatic heterocycles. The summed E-state index contributed by atoms with van der Waals surface area (Å²) in [5, 5.41) is 0. The largest absolute Gasteiger partial charge is 0.497 e. The second kappa shape index (κ2) is 9.25. The molecule has 0 unspecified atom stereocenters. The van der Waals surface area contributed by atoms with E-state index in [1.54, 1.807) is 28.6 Å². The van der Waals surface area contributed by atoms with Gasteiger partial charge in [0.05, 0.1) is 24.9 Å². The van der Waals surface area contributed by atoms with Gasteiger partial charge < -0.3 is 18.9 Å². The van der Waals surface area contributed by atoms with E-state index in [0.717, 1.165) is 16.8 Å². The molecule has 0 fully saturated rings. The summed E-state index contributed by atoms with van der Waals surface area (Å²) in [6.45, 7) is 10.1. The van der Waals surface area contributed by atoms with Crippen molar-refractivity contribution in [1.29, 1.82) is 0 Å². The first-order valence-electron chi connectivity index (χ1n) is 8.55. The normalized spacial score (nSPS) is 12.0. The molecule has 1 radical (unpaired) electrons. The smallest absolute Gasteiger partial charge is 0.331 e. The van der Waals surface area contributed by atoms with Crippen LogP contribution in [0.3, 0.4) is 0 Å². The molecule has 0 N–H and O–H groups in total. The molecule has 25 heavy (non-hydrogen) atoms. The van der Waals surface area contributed by atoms with Gasteiger partial charge >= 0.3 is 13.5 Å². The number of esters is 1. The number of carbonyl (C=O) groups excluding carboxylic acids is 1. The molecule has 0 aliphatic rings. The summed E-state index contributed by atoms with van der Waals surface area (Å²) in [6, 6.07) is 5.72. The van der Waals surface area contributed by atoms with Crippen LogP contribution >= 0.6 is 0 Å². The van der Waals surface area contributed by atoms with E-state index in [1.807, 2.05) is 45.9 Å². The molecule has 6 heteroatoms. The number of benzene rings is 1. The molecule has 0 heterocycles. The lowest BCUT2D eigenvalue weighted by Gasteiger charge is -2.40. The topological polar surface area (TPSA) is 54.0 Å². The third-order valence-corrected chi connectivity index (χ3v) is 4.69. The van der Waals surface area contributed by atoms with Gasteiger partial charge in [0.25, 0.3) is 0 Å². The summed E-state index contributed by atoms with van der Waals surface area (Å²) in [5.74, 6) is 0.533. The van der Waals surface area contributed by atoms with E-state index in [1.165, 1.54) is 0 Å². The molecule has 0 spiro atoms. The summed E-state index contributed by atoms with van der Waals surface area (Å²) >= 11 is 0. The van der Waals surface area contributed by atoms with Crippen molar-refractivity contribution in [2.45, 2.75) is 58.7 Å². The summed E-state index contributed by atoms with van der Waals surface area (Å²) < 4.78 is 21.9. The molecule has 0 atom stereocenters. The van der Waals surface area contributed by atoms with Gasteiger partial charge in [0.15, 0.2) is 0 Å². The molecular formula is C19H30BO5. The number of ether oxygens (including phenoxy) is 3. The summed E-state index contributed by atoms with van der Waals surface area (Å²) in [7, 11) is 5.01. The minimum absolute atomic E-state index is 0.210. The quantitative estimate of drug-likeness (QED) is 0.480. The Morgan fingerprint density at radius 1 is 1.12 bits per heavy atom. The first-order valence-corrected chi connectivity index (χ1v) is 8.55. The zero-order valence-electron chi connectivity index (χ0n) is 16.5. The van der Waals surface area contributed by atoms with Crippen LogP contribution in [0.25, 0.3) is 0 Å². The lowest BCUT2D eigenvalue weighted by molar-refractivity contribution is -0.143. The van der Waals surface area contributed by atoms with E-state index in [9.17, 15) is 4.79 Å². The maximum Gasteiger partial charge on any atom is 0.331 e. The van der Waals surface area contributed by atoms with Crippen molar-refractivity contribution in [3.05, 3.63) is 23.8 Å². The van der Waals surface area contributed by atoms with Crippen LogP contribution in [0, 0.1) is 0 Å². The van der Waals surface area contributed by atoms with Crippen LogP contribution < -0.4 is 10.2 Å². The Labute approximate surface area is 152 Å². The van der Waals surface area contributed by atoms with Gasteiger partial charge in [-0.05, 0) is 58.7 Å². The molecule has 1 rings (SSSR count). The van der Waals surface area contributed by atoms with Crippen LogP contribution in [0.5, 0.6) is 5.75 Å². The molecule has 0 saturated carbocycles. The lowest BCUT2D eigenvalue weighted by atomic mass is 9.79. The first kappa shape index (κ1) is 21.5. The molecule has 0 aliphatic carbocycles. The van der Waals surface area contributed by atoms with Gasteiger partial charge in [0, 0.05) is 13.5 Å². The monoisotopic (exact) mass is 349 g/mol. The highest BCUT2D eigenvalue weighted by Crippen LogP contribution is 2.28. The minimum Gasteiger partial charge on any atom is -0.497 e.